The minimum absolute atomic E-state index is 0.282. The van der Waals surface area contributed by atoms with Gasteiger partial charge in [0.2, 0.25) is 0 Å². The lowest BCUT2D eigenvalue weighted by Gasteiger charge is -2.14. The van der Waals surface area contributed by atoms with E-state index in [9.17, 15) is 9.59 Å². The van der Waals surface area contributed by atoms with Crippen LogP contribution >= 0.6 is 0 Å². The number of benzene rings is 10. The molecule has 0 aromatic heterocycles. The Balaban J connectivity index is 0.805. The second kappa shape index (κ2) is 11.9. The van der Waals surface area contributed by atoms with Gasteiger partial charge in [-0.2, -0.15) is 0 Å². The van der Waals surface area contributed by atoms with Gasteiger partial charge in [-0.1, -0.05) is 133 Å². The van der Waals surface area contributed by atoms with Gasteiger partial charge in [-0.05, 0) is 124 Å². The molecule has 4 heteroatoms. The van der Waals surface area contributed by atoms with E-state index in [1.807, 2.05) is 24.3 Å². The Bertz CT molecular complexity index is 2740. The van der Waals surface area contributed by atoms with Crippen molar-refractivity contribution in [1.82, 2.24) is 0 Å². The first-order valence-corrected chi connectivity index (χ1v) is 17.5. The van der Waals surface area contributed by atoms with Crippen LogP contribution in [0.1, 0.15) is 22.3 Å². The summed E-state index contributed by atoms with van der Waals surface area (Å²) in [6, 6.07) is 53.7. The lowest BCUT2D eigenvalue weighted by atomic mass is 9.90. The molecule has 0 fully saturated rings. The summed E-state index contributed by atoms with van der Waals surface area (Å²) in [6.45, 7) is 0. The van der Waals surface area contributed by atoms with Crippen molar-refractivity contribution in [2.45, 2.75) is 12.8 Å². The first-order valence-electron chi connectivity index (χ1n) is 17.5. The molecule has 246 valence electrons. The van der Waals surface area contributed by atoms with Gasteiger partial charge in [0.05, 0.1) is 0 Å². The molecule has 0 amide bonds. The maximum atomic E-state index is 12.7. The number of ether oxygens (including phenoxy) is 2. The van der Waals surface area contributed by atoms with Crippen molar-refractivity contribution in [3.63, 3.8) is 0 Å². The molecule has 0 atom stereocenters. The van der Waals surface area contributed by atoms with E-state index >= 15 is 0 Å². The summed E-state index contributed by atoms with van der Waals surface area (Å²) < 4.78 is 10.8. The highest BCUT2D eigenvalue weighted by Crippen LogP contribution is 2.38. The Morgan fingerprint density at radius 1 is 0.346 bits per heavy atom. The largest absolute Gasteiger partial charge is 0.423 e. The molecule has 10 rings (SSSR count). The lowest BCUT2D eigenvalue weighted by molar-refractivity contribution is -0.156. The molecule has 0 N–H and O–H groups in total. The molecule has 0 radical (unpaired) electrons. The number of hydrogen-bond acceptors (Lipinski definition) is 4. The maximum absolute atomic E-state index is 12.7. The second-order valence-corrected chi connectivity index (χ2v) is 13.6. The van der Waals surface area contributed by atoms with Crippen molar-refractivity contribution in [2.75, 3.05) is 0 Å². The zero-order valence-corrected chi connectivity index (χ0v) is 28.1. The van der Waals surface area contributed by atoms with Gasteiger partial charge >= 0.3 is 11.9 Å². The molecule has 0 spiro atoms. The standard InChI is InChI=1S/C48H30O4/c49-47(51-39-21-7-29(8-22-39)27-37-17-15-35-13-11-31-3-1-5-33-19-25-41(37)45(35)43(31)33)48(50)52-40-23-9-30(10-24-40)28-38-18-16-36-14-12-32-4-2-6-34-20-26-42(38)46(36)44(32)34/h1-26H,27-28H2. The van der Waals surface area contributed by atoms with E-state index < -0.39 is 11.9 Å². The smallest absolute Gasteiger partial charge is 0.418 e. The van der Waals surface area contributed by atoms with Crippen molar-refractivity contribution in [2.24, 2.45) is 0 Å². The number of carbonyl (C=O) groups excluding carboxylic acids is 2. The Morgan fingerprint density at radius 2 is 0.673 bits per heavy atom. The van der Waals surface area contributed by atoms with E-state index in [1.54, 1.807) is 24.3 Å². The summed E-state index contributed by atoms with van der Waals surface area (Å²) in [5.41, 5.74) is 4.58. The van der Waals surface area contributed by atoms with E-state index in [0.717, 1.165) is 24.0 Å². The first kappa shape index (κ1) is 30.1. The molecule has 0 aliphatic heterocycles. The summed E-state index contributed by atoms with van der Waals surface area (Å²) in [4.78, 5) is 25.4. The molecular weight excluding hydrogens is 641 g/mol. The number of hydrogen-bond donors (Lipinski definition) is 0. The predicted molar refractivity (Wildman–Crippen MR) is 210 cm³/mol. The van der Waals surface area contributed by atoms with Crippen molar-refractivity contribution in [3.05, 3.63) is 180 Å². The SMILES string of the molecule is O=C(Oc1ccc(Cc2ccc3ccc4cccc5ccc2c3c45)cc1)C(=O)Oc1ccc(Cc2ccc3ccc4cccc5ccc2c3c45)cc1. The summed E-state index contributed by atoms with van der Waals surface area (Å²) in [7, 11) is 0. The highest BCUT2D eigenvalue weighted by Gasteiger charge is 2.20. The Morgan fingerprint density at radius 3 is 1.06 bits per heavy atom. The van der Waals surface area contributed by atoms with Gasteiger partial charge in [0.1, 0.15) is 11.5 Å². The fourth-order valence-corrected chi connectivity index (χ4v) is 7.99. The topological polar surface area (TPSA) is 52.6 Å². The van der Waals surface area contributed by atoms with E-state index in [4.69, 9.17) is 9.47 Å². The van der Waals surface area contributed by atoms with Gasteiger partial charge < -0.3 is 9.47 Å². The molecule has 10 aromatic rings. The molecule has 0 saturated heterocycles. The van der Waals surface area contributed by atoms with Crippen molar-refractivity contribution in [3.8, 4) is 11.5 Å². The Labute approximate surface area is 299 Å². The van der Waals surface area contributed by atoms with Gasteiger partial charge in [0, 0.05) is 0 Å². The average molecular weight is 671 g/mol. The third-order valence-electron chi connectivity index (χ3n) is 10.5. The van der Waals surface area contributed by atoms with Crippen LogP contribution in [0.5, 0.6) is 11.5 Å². The van der Waals surface area contributed by atoms with Crippen LogP contribution in [0.15, 0.2) is 158 Å². The Kier molecular flexibility index (Phi) is 6.90. The van der Waals surface area contributed by atoms with Crippen molar-refractivity contribution in [1.29, 1.82) is 0 Å². The molecule has 10 aromatic carbocycles. The van der Waals surface area contributed by atoms with Crippen LogP contribution < -0.4 is 9.47 Å². The minimum Gasteiger partial charge on any atom is -0.418 e. The van der Waals surface area contributed by atoms with E-state index in [0.29, 0.717) is 0 Å². The predicted octanol–water partition coefficient (Wildman–Crippen LogP) is 11.2. The van der Waals surface area contributed by atoms with Gasteiger partial charge in [-0.15, -0.1) is 0 Å². The number of esters is 2. The molecule has 0 saturated carbocycles. The van der Waals surface area contributed by atoms with Gasteiger partial charge in [0.25, 0.3) is 0 Å². The summed E-state index contributed by atoms with van der Waals surface area (Å²) >= 11 is 0. The third-order valence-corrected chi connectivity index (χ3v) is 10.5. The van der Waals surface area contributed by atoms with Crippen LogP contribution in [0, 0.1) is 0 Å². The molecule has 0 aliphatic carbocycles. The van der Waals surface area contributed by atoms with Crippen LogP contribution in [0.25, 0.3) is 64.6 Å². The molecular formula is C48H30O4. The van der Waals surface area contributed by atoms with Gasteiger partial charge in [-0.3, -0.25) is 0 Å². The quantitative estimate of drug-likeness (QED) is 0.0765. The second-order valence-electron chi connectivity index (χ2n) is 13.6. The summed E-state index contributed by atoms with van der Waals surface area (Å²) in [5.74, 6) is -1.58. The first-order chi connectivity index (χ1) is 25.6. The molecule has 0 bridgehead atoms. The van der Waals surface area contributed by atoms with Crippen LogP contribution in [0.2, 0.25) is 0 Å². The van der Waals surface area contributed by atoms with E-state index in [2.05, 4.69) is 109 Å². The summed E-state index contributed by atoms with van der Waals surface area (Å²) in [6.07, 6.45) is 1.44. The molecule has 4 nitrogen and oxygen atoms in total. The zero-order chi connectivity index (χ0) is 34.8. The van der Waals surface area contributed by atoms with E-state index in [-0.39, 0.29) is 11.5 Å². The van der Waals surface area contributed by atoms with Crippen molar-refractivity contribution >= 4 is 76.6 Å². The van der Waals surface area contributed by atoms with Crippen molar-refractivity contribution < 1.29 is 19.1 Å². The molecule has 0 heterocycles. The highest BCUT2D eigenvalue weighted by atomic mass is 16.6. The fraction of sp³-hybridized carbons (Fsp3) is 0.0417. The van der Waals surface area contributed by atoms with Crippen LogP contribution in [0.4, 0.5) is 0 Å². The monoisotopic (exact) mass is 670 g/mol. The maximum Gasteiger partial charge on any atom is 0.423 e. The highest BCUT2D eigenvalue weighted by molar-refractivity contribution is 6.31. The van der Waals surface area contributed by atoms with Crippen LogP contribution in [-0.2, 0) is 22.4 Å². The van der Waals surface area contributed by atoms with E-state index in [1.165, 1.54) is 75.8 Å². The fourth-order valence-electron chi connectivity index (χ4n) is 7.99. The third kappa shape index (κ3) is 5.07. The molecule has 52 heavy (non-hydrogen) atoms. The van der Waals surface area contributed by atoms with Crippen LogP contribution in [0.3, 0.4) is 0 Å². The summed E-state index contributed by atoms with van der Waals surface area (Å²) in [5, 5.41) is 15.1. The van der Waals surface area contributed by atoms with Gasteiger partial charge in [0.15, 0.2) is 0 Å². The minimum atomic E-state index is -1.07. The average Bonchev–Trinajstić information content (AvgIpc) is 3.18. The van der Waals surface area contributed by atoms with Crippen LogP contribution in [-0.4, -0.2) is 11.9 Å². The zero-order valence-electron chi connectivity index (χ0n) is 28.1. The Hall–Kier alpha value is -6.78. The number of rotatable bonds is 6. The van der Waals surface area contributed by atoms with Gasteiger partial charge in [-0.25, -0.2) is 9.59 Å². The number of carbonyl (C=O) groups is 2. The lowest BCUT2D eigenvalue weighted by Crippen LogP contribution is -2.25. The molecule has 0 unspecified atom stereocenters. The molecule has 0 aliphatic rings. The normalized spacial score (nSPS) is 11.8.